The molecule has 2 aromatic carbocycles. The molecule has 0 saturated carbocycles. The van der Waals surface area contributed by atoms with Gasteiger partial charge in [0.1, 0.15) is 0 Å². The van der Waals surface area contributed by atoms with Crippen LogP contribution in [0.15, 0.2) is 48.8 Å². The predicted molar refractivity (Wildman–Crippen MR) is 122 cm³/mol. The van der Waals surface area contributed by atoms with Gasteiger partial charge in [-0.3, -0.25) is 19.6 Å². The van der Waals surface area contributed by atoms with Crippen molar-refractivity contribution in [1.82, 2.24) is 14.9 Å². The Labute approximate surface area is 194 Å². The van der Waals surface area contributed by atoms with Crippen molar-refractivity contribution in [3.8, 4) is 0 Å². The standard InChI is InChI=1S/C24H24F3N5O2/c1-28-20-4-2-3-18(24(25,26)27)23(20)32(15-33)17-7-11-31(12-8-17)22(34)14-16-5-6-19-21(13-16)30-10-9-29-19/h2-6,9-10,13,15,17,28H,7-8,11-12,14H2,1H3. The van der Waals surface area contributed by atoms with Gasteiger partial charge in [-0.05, 0) is 42.7 Å². The van der Waals surface area contributed by atoms with Crippen LogP contribution < -0.4 is 10.2 Å². The third-order valence-electron chi connectivity index (χ3n) is 6.08. The van der Waals surface area contributed by atoms with Gasteiger partial charge in [0.2, 0.25) is 12.3 Å². The Balaban J connectivity index is 1.46. The summed E-state index contributed by atoms with van der Waals surface area (Å²) in [5.41, 5.74) is 1.43. The maximum Gasteiger partial charge on any atom is 0.418 e. The lowest BCUT2D eigenvalue weighted by atomic mass is 10.00. The molecule has 2 heterocycles. The molecule has 0 bridgehead atoms. The molecular weight excluding hydrogens is 447 g/mol. The highest BCUT2D eigenvalue weighted by Crippen LogP contribution is 2.42. The normalized spacial score (nSPS) is 14.8. The number of aromatic nitrogens is 2. The molecule has 1 N–H and O–H groups in total. The van der Waals surface area contributed by atoms with E-state index in [1.807, 2.05) is 18.2 Å². The fraction of sp³-hybridized carbons (Fsp3) is 0.333. The van der Waals surface area contributed by atoms with Crippen LogP contribution in [-0.2, 0) is 22.2 Å². The first-order valence-electron chi connectivity index (χ1n) is 10.9. The Bertz CT molecular complexity index is 1190. The quantitative estimate of drug-likeness (QED) is 0.552. The minimum absolute atomic E-state index is 0.0778. The number of para-hydroxylation sites is 1. The minimum atomic E-state index is -4.61. The Hall–Kier alpha value is -3.69. The fourth-order valence-corrected chi connectivity index (χ4v) is 4.37. The van der Waals surface area contributed by atoms with Crippen LogP contribution in [0.1, 0.15) is 24.0 Å². The van der Waals surface area contributed by atoms with E-state index in [9.17, 15) is 22.8 Å². The molecule has 178 valence electrons. The summed E-state index contributed by atoms with van der Waals surface area (Å²) >= 11 is 0. The number of likely N-dealkylation sites (tertiary alicyclic amines) is 1. The zero-order valence-electron chi connectivity index (χ0n) is 18.5. The summed E-state index contributed by atoms with van der Waals surface area (Å²) in [5, 5.41) is 2.75. The number of anilines is 2. The van der Waals surface area contributed by atoms with Gasteiger partial charge in [0.25, 0.3) is 0 Å². The third-order valence-corrected chi connectivity index (χ3v) is 6.08. The first-order valence-corrected chi connectivity index (χ1v) is 10.9. The average molecular weight is 471 g/mol. The van der Waals surface area contributed by atoms with E-state index in [1.165, 1.54) is 19.2 Å². The second kappa shape index (κ2) is 9.66. The van der Waals surface area contributed by atoms with Gasteiger partial charge in [-0.1, -0.05) is 12.1 Å². The fourth-order valence-electron chi connectivity index (χ4n) is 4.37. The van der Waals surface area contributed by atoms with Gasteiger partial charge in [0, 0.05) is 38.6 Å². The first kappa shape index (κ1) is 23.5. The van der Waals surface area contributed by atoms with Crippen LogP contribution in [0.25, 0.3) is 11.0 Å². The van der Waals surface area contributed by atoms with Gasteiger partial charge in [-0.25, -0.2) is 0 Å². The van der Waals surface area contributed by atoms with Crippen LogP contribution in [0.4, 0.5) is 24.5 Å². The van der Waals surface area contributed by atoms with Crippen LogP contribution in [0.2, 0.25) is 0 Å². The lowest BCUT2D eigenvalue weighted by Crippen LogP contribution is -2.47. The molecule has 3 aromatic rings. The van der Waals surface area contributed by atoms with Crippen LogP contribution in [0.5, 0.6) is 0 Å². The zero-order valence-corrected chi connectivity index (χ0v) is 18.5. The number of benzene rings is 2. The highest BCUT2D eigenvalue weighted by atomic mass is 19.4. The lowest BCUT2D eigenvalue weighted by Gasteiger charge is -2.38. The van der Waals surface area contributed by atoms with Gasteiger partial charge < -0.3 is 15.1 Å². The van der Waals surface area contributed by atoms with Crippen molar-refractivity contribution in [3.63, 3.8) is 0 Å². The molecule has 34 heavy (non-hydrogen) atoms. The average Bonchev–Trinajstić information content (AvgIpc) is 2.84. The number of carbonyl (C=O) groups excluding carboxylic acids is 2. The number of alkyl halides is 3. The number of nitrogens with zero attached hydrogens (tertiary/aromatic N) is 4. The lowest BCUT2D eigenvalue weighted by molar-refractivity contribution is -0.137. The molecule has 0 aliphatic carbocycles. The van der Waals surface area contributed by atoms with Gasteiger partial charge >= 0.3 is 6.18 Å². The van der Waals surface area contributed by atoms with Gasteiger partial charge in [0.05, 0.1) is 34.4 Å². The number of amides is 2. The highest BCUT2D eigenvalue weighted by Gasteiger charge is 2.38. The maximum atomic E-state index is 13.7. The van der Waals surface area contributed by atoms with E-state index in [1.54, 1.807) is 17.3 Å². The second-order valence-electron chi connectivity index (χ2n) is 8.13. The van der Waals surface area contributed by atoms with Crippen LogP contribution in [-0.4, -0.2) is 53.4 Å². The number of nitrogens with one attached hydrogen (secondary N) is 1. The van der Waals surface area contributed by atoms with Crippen molar-refractivity contribution in [2.24, 2.45) is 0 Å². The monoisotopic (exact) mass is 471 g/mol. The van der Waals surface area contributed by atoms with Crippen molar-refractivity contribution in [2.45, 2.75) is 31.5 Å². The zero-order chi connectivity index (χ0) is 24.3. The molecular formula is C24H24F3N5O2. The van der Waals surface area contributed by atoms with Crippen LogP contribution in [0, 0.1) is 0 Å². The molecule has 2 amide bonds. The van der Waals surface area contributed by atoms with Gasteiger partial charge in [-0.15, -0.1) is 0 Å². The summed E-state index contributed by atoms with van der Waals surface area (Å²) < 4.78 is 41.0. The second-order valence-corrected chi connectivity index (χ2v) is 8.13. The molecule has 0 spiro atoms. The highest BCUT2D eigenvalue weighted by molar-refractivity contribution is 5.87. The number of rotatable bonds is 6. The number of halogens is 3. The van der Waals surface area contributed by atoms with E-state index in [0.717, 1.165) is 22.0 Å². The Morgan fingerprint density at radius 3 is 2.50 bits per heavy atom. The number of fused-ring (bicyclic) bond motifs is 1. The molecule has 7 nitrogen and oxygen atoms in total. The first-order chi connectivity index (χ1) is 16.3. The Kier molecular flexibility index (Phi) is 6.67. The molecule has 0 radical (unpaired) electrons. The SMILES string of the molecule is CNc1cccc(C(F)(F)F)c1N(C=O)C1CCN(C(=O)Cc2ccc3nccnc3c2)CC1. The summed E-state index contributed by atoms with van der Waals surface area (Å²) in [6.07, 6.45) is -0.0179. The Morgan fingerprint density at radius 1 is 1.15 bits per heavy atom. The van der Waals surface area contributed by atoms with Crippen LogP contribution in [0.3, 0.4) is 0 Å². The molecule has 1 aliphatic heterocycles. The summed E-state index contributed by atoms with van der Waals surface area (Å²) in [6, 6.07) is 8.81. The van der Waals surface area contributed by atoms with E-state index in [-0.39, 0.29) is 23.7 Å². The van der Waals surface area contributed by atoms with Crippen molar-refractivity contribution < 1.29 is 22.8 Å². The van der Waals surface area contributed by atoms with E-state index < -0.39 is 17.8 Å². The molecule has 1 saturated heterocycles. The smallest absolute Gasteiger partial charge is 0.386 e. The summed E-state index contributed by atoms with van der Waals surface area (Å²) in [5.74, 6) is -0.0778. The molecule has 1 aliphatic rings. The number of carbonyl (C=O) groups is 2. The molecule has 1 fully saturated rings. The van der Waals surface area contributed by atoms with Gasteiger partial charge in [-0.2, -0.15) is 13.2 Å². The number of piperidine rings is 1. The third kappa shape index (κ3) is 4.80. The minimum Gasteiger partial charge on any atom is -0.386 e. The summed E-state index contributed by atoms with van der Waals surface area (Å²) in [4.78, 5) is 36.1. The van der Waals surface area contributed by atoms with Crippen LogP contribution >= 0.6 is 0 Å². The maximum absolute atomic E-state index is 13.7. The van der Waals surface area contributed by atoms with E-state index >= 15 is 0 Å². The van der Waals surface area contributed by atoms with Crippen molar-refractivity contribution in [3.05, 3.63) is 59.9 Å². The molecule has 0 atom stereocenters. The molecule has 1 aromatic heterocycles. The van der Waals surface area contributed by atoms with E-state index in [0.29, 0.717) is 37.9 Å². The molecule has 0 unspecified atom stereocenters. The Morgan fingerprint density at radius 2 is 1.85 bits per heavy atom. The van der Waals surface area contributed by atoms with Gasteiger partial charge in [0.15, 0.2) is 0 Å². The predicted octanol–water partition coefficient (Wildman–Crippen LogP) is 3.89. The number of hydrogen-bond donors (Lipinski definition) is 1. The summed E-state index contributed by atoms with van der Waals surface area (Å²) in [7, 11) is 1.52. The summed E-state index contributed by atoms with van der Waals surface area (Å²) in [6.45, 7) is 0.703. The topological polar surface area (TPSA) is 78.4 Å². The number of hydrogen-bond acceptors (Lipinski definition) is 5. The molecule has 4 rings (SSSR count). The van der Waals surface area contributed by atoms with E-state index in [4.69, 9.17) is 0 Å². The molecule has 10 heteroatoms. The van der Waals surface area contributed by atoms with Crippen molar-refractivity contribution in [2.75, 3.05) is 30.4 Å². The van der Waals surface area contributed by atoms with E-state index in [2.05, 4.69) is 15.3 Å². The van der Waals surface area contributed by atoms with Crippen molar-refractivity contribution >= 4 is 34.7 Å². The largest absolute Gasteiger partial charge is 0.418 e. The van der Waals surface area contributed by atoms with Crippen molar-refractivity contribution in [1.29, 1.82) is 0 Å².